The molecule has 1 fully saturated rings. The molecule has 1 saturated heterocycles. The van der Waals surface area contributed by atoms with Crippen LogP contribution in [0.5, 0.6) is 5.75 Å². The van der Waals surface area contributed by atoms with E-state index in [-0.39, 0.29) is 6.03 Å². The number of rotatable bonds is 3. The molecule has 1 N–H and O–H groups in total. The molecule has 2 aromatic carbocycles. The van der Waals surface area contributed by atoms with Gasteiger partial charge in [0.25, 0.3) is 0 Å². The van der Waals surface area contributed by atoms with Gasteiger partial charge < -0.3 is 19.9 Å². The molecular formula is C19H21Cl2N3O2. The number of hydrogen-bond donors (Lipinski definition) is 1. The Morgan fingerprint density at radius 3 is 2.31 bits per heavy atom. The minimum Gasteiger partial charge on any atom is -0.495 e. The van der Waals surface area contributed by atoms with E-state index in [1.165, 1.54) is 0 Å². The number of benzene rings is 2. The summed E-state index contributed by atoms with van der Waals surface area (Å²) in [7, 11) is 1.59. The number of ether oxygens (including phenoxy) is 1. The van der Waals surface area contributed by atoms with E-state index >= 15 is 0 Å². The highest BCUT2D eigenvalue weighted by molar-refractivity contribution is 6.35. The quantitative estimate of drug-likeness (QED) is 0.823. The number of nitrogens with zero attached hydrogens (tertiary/aromatic N) is 2. The van der Waals surface area contributed by atoms with Crippen molar-refractivity contribution in [1.29, 1.82) is 0 Å². The highest BCUT2D eigenvalue weighted by Crippen LogP contribution is 2.27. The molecular weight excluding hydrogens is 373 g/mol. The number of nitrogens with one attached hydrogen (secondary N) is 1. The molecule has 0 unspecified atom stereocenters. The minimum atomic E-state index is -0.127. The van der Waals surface area contributed by atoms with Crippen molar-refractivity contribution in [2.45, 2.75) is 6.92 Å². The van der Waals surface area contributed by atoms with Crippen LogP contribution in [0.3, 0.4) is 0 Å². The molecule has 7 heteroatoms. The van der Waals surface area contributed by atoms with E-state index < -0.39 is 0 Å². The molecule has 138 valence electrons. The van der Waals surface area contributed by atoms with Gasteiger partial charge in [-0.3, -0.25) is 0 Å². The average Bonchev–Trinajstić information content (AvgIpc) is 2.61. The summed E-state index contributed by atoms with van der Waals surface area (Å²) < 4.78 is 5.32. The normalized spacial score (nSPS) is 14.3. The summed E-state index contributed by atoms with van der Waals surface area (Å²) in [5, 5.41) is 4.17. The van der Waals surface area contributed by atoms with Crippen molar-refractivity contribution in [3.8, 4) is 5.75 Å². The molecule has 1 aliphatic rings. The van der Waals surface area contributed by atoms with Gasteiger partial charge in [-0.25, -0.2) is 4.79 Å². The molecule has 1 aliphatic heterocycles. The van der Waals surface area contributed by atoms with E-state index in [9.17, 15) is 4.79 Å². The first-order valence-corrected chi connectivity index (χ1v) is 9.13. The molecule has 0 atom stereocenters. The summed E-state index contributed by atoms with van der Waals surface area (Å²) in [5.74, 6) is 0.649. The molecule has 26 heavy (non-hydrogen) atoms. The summed E-state index contributed by atoms with van der Waals surface area (Å²) in [5.41, 5.74) is 2.72. The maximum atomic E-state index is 12.6. The van der Waals surface area contributed by atoms with Crippen LogP contribution in [-0.4, -0.2) is 44.2 Å². The Labute approximate surface area is 163 Å². The third kappa shape index (κ3) is 4.34. The van der Waals surface area contributed by atoms with Gasteiger partial charge in [0.1, 0.15) is 5.75 Å². The monoisotopic (exact) mass is 393 g/mol. The Kier molecular flexibility index (Phi) is 5.79. The van der Waals surface area contributed by atoms with Gasteiger partial charge in [0, 0.05) is 41.9 Å². The number of carbonyl (C=O) groups excluding carboxylic acids is 1. The molecule has 5 nitrogen and oxygen atoms in total. The van der Waals surface area contributed by atoms with Crippen molar-refractivity contribution in [3.63, 3.8) is 0 Å². The van der Waals surface area contributed by atoms with E-state index in [1.807, 2.05) is 37.3 Å². The Balaban J connectivity index is 1.63. The number of methoxy groups -OCH3 is 1. The molecule has 2 aromatic rings. The number of piperazine rings is 1. The van der Waals surface area contributed by atoms with Gasteiger partial charge >= 0.3 is 6.03 Å². The number of aryl methyl sites for hydroxylation is 1. The van der Waals surface area contributed by atoms with E-state index in [2.05, 4.69) is 10.2 Å². The number of amides is 2. The third-order valence-electron chi connectivity index (χ3n) is 4.38. The lowest BCUT2D eigenvalue weighted by Gasteiger charge is -2.36. The fraction of sp³-hybridized carbons (Fsp3) is 0.316. The first-order valence-electron chi connectivity index (χ1n) is 8.38. The Hall–Kier alpha value is -2.11. The maximum Gasteiger partial charge on any atom is 0.322 e. The fourth-order valence-corrected chi connectivity index (χ4v) is 3.52. The SMILES string of the molecule is COc1ccc(C)cc1NC(=O)N1CCN(c2cc(Cl)cc(Cl)c2)CC1. The van der Waals surface area contributed by atoms with Crippen LogP contribution in [0.2, 0.25) is 10.0 Å². The van der Waals surface area contributed by atoms with Crippen LogP contribution in [0.1, 0.15) is 5.56 Å². The van der Waals surface area contributed by atoms with E-state index in [0.717, 1.165) is 24.3 Å². The first kappa shape index (κ1) is 18.7. The molecule has 0 radical (unpaired) electrons. The van der Waals surface area contributed by atoms with E-state index in [1.54, 1.807) is 18.1 Å². The van der Waals surface area contributed by atoms with Crippen molar-refractivity contribution < 1.29 is 9.53 Å². The number of hydrogen-bond acceptors (Lipinski definition) is 3. The van der Waals surface area contributed by atoms with Gasteiger partial charge in [0.05, 0.1) is 12.8 Å². The van der Waals surface area contributed by atoms with Crippen LogP contribution in [-0.2, 0) is 0 Å². The first-order chi connectivity index (χ1) is 12.5. The van der Waals surface area contributed by atoms with Crippen LogP contribution in [0.4, 0.5) is 16.2 Å². The van der Waals surface area contributed by atoms with Crippen LogP contribution in [0.15, 0.2) is 36.4 Å². The zero-order valence-electron chi connectivity index (χ0n) is 14.8. The molecule has 2 amide bonds. The number of carbonyl (C=O) groups is 1. The largest absolute Gasteiger partial charge is 0.495 e. The predicted octanol–water partition coefficient (Wildman–Crippen LogP) is 4.66. The lowest BCUT2D eigenvalue weighted by molar-refractivity contribution is 0.208. The zero-order valence-corrected chi connectivity index (χ0v) is 16.3. The number of halogens is 2. The van der Waals surface area contributed by atoms with Gasteiger partial charge in [-0.1, -0.05) is 29.3 Å². The van der Waals surface area contributed by atoms with Gasteiger partial charge in [-0.15, -0.1) is 0 Å². The van der Waals surface area contributed by atoms with Gasteiger partial charge in [-0.05, 0) is 42.8 Å². The second-order valence-electron chi connectivity index (χ2n) is 6.24. The second kappa shape index (κ2) is 8.06. The van der Waals surface area contributed by atoms with Gasteiger partial charge in [0.2, 0.25) is 0 Å². The molecule has 3 rings (SSSR count). The van der Waals surface area contributed by atoms with Gasteiger partial charge in [0.15, 0.2) is 0 Å². The van der Waals surface area contributed by atoms with E-state index in [0.29, 0.717) is 34.6 Å². The van der Waals surface area contributed by atoms with Crippen molar-refractivity contribution in [1.82, 2.24) is 4.90 Å². The van der Waals surface area contributed by atoms with Crippen molar-refractivity contribution >= 4 is 40.6 Å². The maximum absolute atomic E-state index is 12.6. The Bertz CT molecular complexity index is 785. The van der Waals surface area contributed by atoms with Crippen molar-refractivity contribution in [2.75, 3.05) is 43.5 Å². The van der Waals surface area contributed by atoms with Gasteiger partial charge in [-0.2, -0.15) is 0 Å². The van der Waals surface area contributed by atoms with E-state index in [4.69, 9.17) is 27.9 Å². The van der Waals surface area contributed by atoms with Crippen LogP contribution >= 0.6 is 23.2 Å². The lowest BCUT2D eigenvalue weighted by atomic mass is 10.2. The van der Waals surface area contributed by atoms with Crippen LogP contribution < -0.4 is 15.0 Å². The Morgan fingerprint density at radius 2 is 1.69 bits per heavy atom. The molecule has 0 bridgehead atoms. The van der Waals surface area contributed by atoms with Crippen molar-refractivity contribution in [2.24, 2.45) is 0 Å². The summed E-state index contributed by atoms with van der Waals surface area (Å²) in [6, 6.07) is 11.1. The smallest absolute Gasteiger partial charge is 0.322 e. The van der Waals surface area contributed by atoms with Crippen LogP contribution in [0, 0.1) is 6.92 Å². The topological polar surface area (TPSA) is 44.8 Å². The average molecular weight is 394 g/mol. The van der Waals surface area contributed by atoms with Crippen molar-refractivity contribution in [3.05, 3.63) is 52.0 Å². The minimum absolute atomic E-state index is 0.127. The van der Waals surface area contributed by atoms with Crippen LogP contribution in [0.25, 0.3) is 0 Å². The molecule has 0 aromatic heterocycles. The summed E-state index contributed by atoms with van der Waals surface area (Å²) in [6.45, 7) is 4.64. The highest BCUT2D eigenvalue weighted by atomic mass is 35.5. The number of urea groups is 1. The third-order valence-corrected chi connectivity index (χ3v) is 4.81. The highest BCUT2D eigenvalue weighted by Gasteiger charge is 2.22. The zero-order chi connectivity index (χ0) is 18.7. The summed E-state index contributed by atoms with van der Waals surface area (Å²) in [4.78, 5) is 16.6. The summed E-state index contributed by atoms with van der Waals surface area (Å²) in [6.07, 6.45) is 0. The molecule has 0 aliphatic carbocycles. The molecule has 1 heterocycles. The lowest BCUT2D eigenvalue weighted by Crippen LogP contribution is -2.50. The molecule has 0 saturated carbocycles. The fourth-order valence-electron chi connectivity index (χ4n) is 3.00. The predicted molar refractivity (Wildman–Crippen MR) is 107 cm³/mol. The standard InChI is InChI=1S/C19H21Cl2N3O2/c1-13-3-4-18(26-2)17(9-13)22-19(25)24-7-5-23(6-8-24)16-11-14(20)10-15(21)12-16/h3-4,9-12H,5-8H2,1-2H3,(H,22,25). The number of anilines is 2. The summed E-state index contributed by atoms with van der Waals surface area (Å²) >= 11 is 12.2. The molecule has 0 spiro atoms. The second-order valence-corrected chi connectivity index (χ2v) is 7.11. The Morgan fingerprint density at radius 1 is 1.04 bits per heavy atom.